The average Bonchev–Trinajstić information content (AvgIpc) is 2.66. The number of amides is 1. The van der Waals surface area contributed by atoms with E-state index in [4.69, 9.17) is 21.1 Å². The molecule has 1 N–H and O–H groups in total. The van der Waals surface area contributed by atoms with Gasteiger partial charge in [0.1, 0.15) is 5.75 Å². The van der Waals surface area contributed by atoms with Crippen LogP contribution in [0.2, 0.25) is 5.02 Å². The van der Waals surface area contributed by atoms with Crippen molar-refractivity contribution in [3.63, 3.8) is 0 Å². The lowest BCUT2D eigenvalue weighted by Gasteiger charge is -2.19. The number of nitrogens with zero attached hydrogens (tertiary/aromatic N) is 1. The smallest absolute Gasteiger partial charge is 0.308 e. The fraction of sp³-hybridized carbons (Fsp3) is 0.300. The molecule has 0 saturated heterocycles. The van der Waals surface area contributed by atoms with Crippen molar-refractivity contribution in [3.05, 3.63) is 69.2 Å². The Kier molecular flexibility index (Phi) is 7.97. The lowest BCUT2D eigenvalue weighted by Crippen LogP contribution is -2.34. The van der Waals surface area contributed by atoms with Crippen LogP contribution in [0, 0.1) is 10.1 Å². The molecule has 0 aliphatic carbocycles. The predicted octanol–water partition coefficient (Wildman–Crippen LogP) is 3.83. The highest BCUT2D eigenvalue weighted by Crippen LogP contribution is 2.27. The van der Waals surface area contributed by atoms with E-state index < -0.39 is 22.8 Å². The standard InChI is InChI=1S/C20H21ClN2O6/c1-13(2)29-20(25)11-17(16-5-3-4-6-18(16)23(26)27)22-19(24)12-28-15-9-7-14(21)8-10-15/h3-10,13,17H,11-12H2,1-2H3,(H,22,24). The van der Waals surface area contributed by atoms with Crippen LogP contribution in [0.15, 0.2) is 48.5 Å². The molecule has 29 heavy (non-hydrogen) atoms. The van der Waals surface area contributed by atoms with Crippen LogP contribution < -0.4 is 10.1 Å². The number of halogens is 1. The van der Waals surface area contributed by atoms with Gasteiger partial charge in [0.05, 0.1) is 29.1 Å². The Balaban J connectivity index is 2.14. The summed E-state index contributed by atoms with van der Waals surface area (Å²) in [4.78, 5) is 35.3. The average molecular weight is 421 g/mol. The first-order chi connectivity index (χ1) is 13.8. The Bertz CT molecular complexity index is 870. The summed E-state index contributed by atoms with van der Waals surface area (Å²) in [7, 11) is 0. The molecule has 1 amide bonds. The largest absolute Gasteiger partial charge is 0.484 e. The molecule has 8 nitrogen and oxygen atoms in total. The summed E-state index contributed by atoms with van der Waals surface area (Å²) in [5.74, 6) is -0.687. The maximum atomic E-state index is 12.4. The number of hydrogen-bond donors (Lipinski definition) is 1. The highest BCUT2D eigenvalue weighted by atomic mass is 35.5. The van der Waals surface area contributed by atoms with Crippen molar-refractivity contribution in [2.45, 2.75) is 32.4 Å². The van der Waals surface area contributed by atoms with E-state index in [1.54, 1.807) is 44.2 Å². The Morgan fingerprint density at radius 1 is 1.14 bits per heavy atom. The number of carbonyl (C=O) groups is 2. The lowest BCUT2D eigenvalue weighted by atomic mass is 10.0. The molecule has 154 valence electrons. The van der Waals surface area contributed by atoms with E-state index in [1.807, 2.05) is 0 Å². The number of para-hydroxylation sites is 1. The van der Waals surface area contributed by atoms with Gasteiger partial charge in [0.2, 0.25) is 0 Å². The third-order valence-corrected chi connectivity index (χ3v) is 4.02. The number of ether oxygens (including phenoxy) is 2. The summed E-state index contributed by atoms with van der Waals surface area (Å²) >= 11 is 5.80. The summed E-state index contributed by atoms with van der Waals surface area (Å²) in [5.41, 5.74) is 0.00631. The lowest BCUT2D eigenvalue weighted by molar-refractivity contribution is -0.385. The van der Waals surface area contributed by atoms with Gasteiger partial charge in [-0.3, -0.25) is 19.7 Å². The monoisotopic (exact) mass is 420 g/mol. The van der Waals surface area contributed by atoms with Gasteiger partial charge in [-0.05, 0) is 38.1 Å². The SMILES string of the molecule is CC(C)OC(=O)CC(NC(=O)COc1ccc(Cl)cc1)c1ccccc1[N+](=O)[O-]. The van der Waals surface area contributed by atoms with Crippen molar-refractivity contribution >= 4 is 29.2 Å². The molecule has 0 aromatic heterocycles. The normalized spacial score (nSPS) is 11.6. The molecule has 2 rings (SSSR count). The molecule has 2 aromatic carbocycles. The van der Waals surface area contributed by atoms with E-state index in [1.165, 1.54) is 18.2 Å². The molecule has 2 aromatic rings. The molecule has 0 aliphatic rings. The first kappa shape index (κ1) is 22.2. The number of carbonyl (C=O) groups excluding carboxylic acids is 2. The van der Waals surface area contributed by atoms with Gasteiger partial charge in [0, 0.05) is 11.1 Å². The predicted molar refractivity (Wildman–Crippen MR) is 107 cm³/mol. The van der Waals surface area contributed by atoms with Crippen molar-refractivity contribution < 1.29 is 24.0 Å². The number of esters is 1. The minimum atomic E-state index is -0.941. The molecule has 0 fully saturated rings. The van der Waals surface area contributed by atoms with Crippen molar-refractivity contribution in [3.8, 4) is 5.75 Å². The van der Waals surface area contributed by atoms with E-state index in [2.05, 4.69) is 5.32 Å². The van der Waals surface area contributed by atoms with Crippen molar-refractivity contribution in [2.24, 2.45) is 0 Å². The Morgan fingerprint density at radius 3 is 2.41 bits per heavy atom. The Morgan fingerprint density at radius 2 is 1.79 bits per heavy atom. The summed E-state index contributed by atoms with van der Waals surface area (Å²) in [6.45, 7) is 3.05. The minimum Gasteiger partial charge on any atom is -0.484 e. The van der Waals surface area contributed by atoms with Gasteiger partial charge >= 0.3 is 5.97 Å². The van der Waals surface area contributed by atoms with Crippen LogP contribution in [0.1, 0.15) is 31.9 Å². The summed E-state index contributed by atoms with van der Waals surface area (Å²) in [6.07, 6.45) is -0.603. The number of benzene rings is 2. The number of nitro groups is 1. The Labute approximate surface area is 172 Å². The zero-order valence-corrected chi connectivity index (χ0v) is 16.7. The van der Waals surface area contributed by atoms with Gasteiger partial charge in [-0.2, -0.15) is 0 Å². The molecule has 0 radical (unpaired) electrons. The zero-order chi connectivity index (χ0) is 21.4. The van der Waals surface area contributed by atoms with E-state index in [0.29, 0.717) is 10.8 Å². The fourth-order valence-corrected chi connectivity index (χ4v) is 2.71. The minimum absolute atomic E-state index is 0.200. The third-order valence-electron chi connectivity index (χ3n) is 3.77. The second-order valence-electron chi connectivity index (χ2n) is 6.42. The fourth-order valence-electron chi connectivity index (χ4n) is 2.58. The summed E-state index contributed by atoms with van der Waals surface area (Å²) in [5, 5.41) is 14.5. The van der Waals surface area contributed by atoms with Crippen LogP contribution in [-0.2, 0) is 14.3 Å². The molecule has 1 atom stereocenters. The Hall–Kier alpha value is -3.13. The van der Waals surface area contributed by atoms with Gasteiger partial charge in [-0.15, -0.1) is 0 Å². The molecule has 1 unspecified atom stereocenters. The van der Waals surface area contributed by atoms with Gasteiger partial charge in [0.15, 0.2) is 6.61 Å². The maximum Gasteiger partial charge on any atom is 0.308 e. The molecule has 0 bridgehead atoms. The highest BCUT2D eigenvalue weighted by Gasteiger charge is 2.26. The van der Waals surface area contributed by atoms with Crippen LogP contribution in [0.3, 0.4) is 0 Å². The molecular formula is C20H21ClN2O6. The van der Waals surface area contributed by atoms with Crippen LogP contribution >= 0.6 is 11.6 Å². The maximum absolute atomic E-state index is 12.4. The van der Waals surface area contributed by atoms with Crippen molar-refractivity contribution in [1.82, 2.24) is 5.32 Å². The molecule has 9 heteroatoms. The van der Waals surface area contributed by atoms with Gasteiger partial charge in [0.25, 0.3) is 11.6 Å². The number of hydrogen-bond acceptors (Lipinski definition) is 6. The zero-order valence-electron chi connectivity index (χ0n) is 16.0. The molecule has 0 aliphatic heterocycles. The van der Waals surface area contributed by atoms with E-state index in [0.717, 1.165) is 0 Å². The van der Waals surface area contributed by atoms with Crippen LogP contribution in [0.5, 0.6) is 5.75 Å². The highest BCUT2D eigenvalue weighted by molar-refractivity contribution is 6.30. The number of rotatable bonds is 9. The van der Waals surface area contributed by atoms with E-state index in [9.17, 15) is 19.7 Å². The first-order valence-corrected chi connectivity index (χ1v) is 9.24. The van der Waals surface area contributed by atoms with Crippen LogP contribution in [0.25, 0.3) is 0 Å². The summed E-state index contributed by atoms with van der Waals surface area (Å²) in [6, 6.07) is 11.4. The van der Waals surface area contributed by atoms with Crippen LogP contribution in [-0.4, -0.2) is 29.5 Å². The van der Waals surface area contributed by atoms with Crippen molar-refractivity contribution in [1.29, 1.82) is 0 Å². The van der Waals surface area contributed by atoms with Gasteiger partial charge < -0.3 is 14.8 Å². The molecule has 0 saturated carbocycles. The van der Waals surface area contributed by atoms with E-state index in [-0.39, 0.29) is 30.4 Å². The quantitative estimate of drug-likeness (QED) is 0.375. The molecule has 0 spiro atoms. The van der Waals surface area contributed by atoms with Crippen molar-refractivity contribution in [2.75, 3.05) is 6.61 Å². The molecule has 0 heterocycles. The van der Waals surface area contributed by atoms with Crippen LogP contribution in [0.4, 0.5) is 5.69 Å². The second-order valence-corrected chi connectivity index (χ2v) is 6.86. The van der Waals surface area contributed by atoms with Gasteiger partial charge in [-0.1, -0.05) is 29.8 Å². The number of nitro benzene ring substituents is 1. The van der Waals surface area contributed by atoms with E-state index >= 15 is 0 Å². The first-order valence-electron chi connectivity index (χ1n) is 8.86. The number of nitrogens with one attached hydrogen (secondary N) is 1. The molecular weight excluding hydrogens is 400 g/mol. The second kappa shape index (κ2) is 10.4. The van der Waals surface area contributed by atoms with Gasteiger partial charge in [-0.25, -0.2) is 0 Å². The topological polar surface area (TPSA) is 108 Å². The summed E-state index contributed by atoms with van der Waals surface area (Å²) < 4.78 is 10.5. The third kappa shape index (κ3) is 7.08.